The minimum absolute atomic E-state index is 0.000270. The van der Waals surface area contributed by atoms with Crippen molar-refractivity contribution in [2.45, 2.75) is 0 Å². The number of carboxylic acid groups (broad SMARTS) is 1. The van der Waals surface area contributed by atoms with Gasteiger partial charge in [-0.25, -0.2) is 9.18 Å². The lowest BCUT2D eigenvalue weighted by molar-refractivity contribution is 0.0698. The van der Waals surface area contributed by atoms with Crippen LogP contribution in [0.2, 0.25) is 5.02 Å². The first-order valence-electron chi connectivity index (χ1n) is 5.43. The molecule has 0 unspecified atom stereocenters. The highest BCUT2D eigenvalue weighted by molar-refractivity contribution is 14.1. The molecule has 0 amide bonds. The van der Waals surface area contributed by atoms with E-state index in [1.807, 2.05) is 0 Å². The Morgan fingerprint density at radius 3 is 2.60 bits per heavy atom. The third-order valence-corrected chi connectivity index (χ3v) is 3.55. The fraction of sp³-hybridized carbons (Fsp3) is 0. The topological polar surface area (TPSA) is 75.3 Å². The highest BCUT2D eigenvalue weighted by atomic mass is 127. The zero-order valence-electron chi connectivity index (χ0n) is 9.95. The standard InChI is InChI=1S/C13H9ClFIN2O2/c14-8-3-6(16)1-2-11(8)18-12-4-7(13(19)20)10(17)5-9(12)15/h1-5,18H,17H2,(H,19,20). The lowest BCUT2D eigenvalue weighted by atomic mass is 10.1. The number of rotatable bonds is 3. The maximum atomic E-state index is 13.8. The first-order valence-corrected chi connectivity index (χ1v) is 6.88. The van der Waals surface area contributed by atoms with Crippen molar-refractivity contribution in [1.29, 1.82) is 0 Å². The maximum Gasteiger partial charge on any atom is 0.337 e. The van der Waals surface area contributed by atoms with E-state index in [9.17, 15) is 9.18 Å². The molecule has 104 valence electrons. The molecule has 7 heteroatoms. The molecule has 2 aromatic rings. The summed E-state index contributed by atoms with van der Waals surface area (Å²) in [5.41, 5.74) is 5.64. The second-order valence-corrected chi connectivity index (χ2v) is 5.63. The number of hydrogen-bond donors (Lipinski definition) is 3. The number of carboxylic acids is 1. The van der Waals surface area contributed by atoms with Gasteiger partial charge in [0.05, 0.1) is 22.0 Å². The molecule has 0 saturated heterocycles. The number of nitrogens with two attached hydrogens (primary N) is 1. The summed E-state index contributed by atoms with van der Waals surface area (Å²) in [6.07, 6.45) is 0. The van der Waals surface area contributed by atoms with Gasteiger partial charge in [0.1, 0.15) is 5.82 Å². The zero-order chi connectivity index (χ0) is 14.9. The average molecular weight is 407 g/mol. The van der Waals surface area contributed by atoms with Crippen molar-refractivity contribution in [1.82, 2.24) is 0 Å². The Balaban J connectivity index is 2.43. The van der Waals surface area contributed by atoms with E-state index in [2.05, 4.69) is 27.9 Å². The van der Waals surface area contributed by atoms with E-state index >= 15 is 0 Å². The highest BCUT2D eigenvalue weighted by Crippen LogP contribution is 2.30. The monoisotopic (exact) mass is 406 g/mol. The van der Waals surface area contributed by atoms with Crippen molar-refractivity contribution in [3.8, 4) is 0 Å². The minimum atomic E-state index is -1.22. The van der Waals surface area contributed by atoms with Crippen LogP contribution in [0.1, 0.15) is 10.4 Å². The fourth-order valence-electron chi connectivity index (χ4n) is 1.61. The van der Waals surface area contributed by atoms with Gasteiger partial charge in [-0.3, -0.25) is 0 Å². The predicted octanol–water partition coefficient (Wildman–Crippen LogP) is 4.11. The summed E-state index contributed by atoms with van der Waals surface area (Å²) >= 11 is 8.13. The van der Waals surface area contributed by atoms with Gasteiger partial charge in [0.25, 0.3) is 0 Å². The number of aromatic carboxylic acids is 1. The summed E-state index contributed by atoms with van der Waals surface area (Å²) in [5, 5.41) is 12.1. The van der Waals surface area contributed by atoms with Crippen LogP contribution in [0, 0.1) is 9.39 Å². The van der Waals surface area contributed by atoms with E-state index in [0.717, 1.165) is 15.7 Å². The van der Waals surface area contributed by atoms with Crippen molar-refractivity contribution in [2.75, 3.05) is 11.1 Å². The number of carbonyl (C=O) groups is 1. The van der Waals surface area contributed by atoms with Crippen LogP contribution in [-0.4, -0.2) is 11.1 Å². The summed E-state index contributed by atoms with van der Waals surface area (Å²) in [7, 11) is 0. The van der Waals surface area contributed by atoms with Gasteiger partial charge in [-0.15, -0.1) is 0 Å². The Hall–Kier alpha value is -1.54. The molecule has 4 N–H and O–H groups in total. The Morgan fingerprint density at radius 2 is 2.00 bits per heavy atom. The van der Waals surface area contributed by atoms with Gasteiger partial charge in [-0.2, -0.15) is 0 Å². The molecule has 0 heterocycles. The summed E-state index contributed by atoms with van der Waals surface area (Å²) in [5.74, 6) is -1.87. The number of nitrogens with one attached hydrogen (secondary N) is 1. The van der Waals surface area contributed by atoms with Crippen LogP contribution < -0.4 is 11.1 Å². The third kappa shape index (κ3) is 3.13. The number of benzene rings is 2. The Morgan fingerprint density at radius 1 is 1.30 bits per heavy atom. The van der Waals surface area contributed by atoms with Gasteiger partial charge < -0.3 is 16.2 Å². The molecule has 0 atom stereocenters. The molecule has 0 radical (unpaired) electrons. The van der Waals surface area contributed by atoms with E-state index in [4.69, 9.17) is 22.4 Å². The van der Waals surface area contributed by atoms with Crippen molar-refractivity contribution in [3.63, 3.8) is 0 Å². The second kappa shape index (κ2) is 5.84. The number of nitrogen functional groups attached to an aromatic ring is 1. The SMILES string of the molecule is Nc1cc(F)c(Nc2ccc(I)cc2Cl)cc1C(=O)O. The number of halogens is 3. The van der Waals surface area contributed by atoms with Gasteiger partial charge in [-0.1, -0.05) is 11.6 Å². The molecule has 0 saturated carbocycles. The fourth-order valence-corrected chi connectivity index (χ4v) is 2.51. The first-order chi connectivity index (χ1) is 9.38. The van der Waals surface area contributed by atoms with Gasteiger partial charge in [0.2, 0.25) is 0 Å². The molecular weight excluding hydrogens is 398 g/mol. The smallest absolute Gasteiger partial charge is 0.337 e. The van der Waals surface area contributed by atoms with Crippen molar-refractivity contribution >= 4 is 57.2 Å². The normalized spacial score (nSPS) is 10.3. The molecule has 2 rings (SSSR count). The number of anilines is 3. The molecule has 0 bridgehead atoms. The largest absolute Gasteiger partial charge is 0.478 e. The van der Waals surface area contributed by atoms with Crippen LogP contribution in [-0.2, 0) is 0 Å². The second-order valence-electron chi connectivity index (χ2n) is 3.97. The summed E-state index contributed by atoms with van der Waals surface area (Å²) in [6.45, 7) is 0. The van der Waals surface area contributed by atoms with Crippen molar-refractivity contribution in [3.05, 3.63) is 50.3 Å². The minimum Gasteiger partial charge on any atom is -0.478 e. The Bertz CT molecular complexity index is 694. The van der Waals surface area contributed by atoms with Crippen molar-refractivity contribution in [2.24, 2.45) is 0 Å². The van der Waals surface area contributed by atoms with Crippen LogP contribution in [0.15, 0.2) is 30.3 Å². The van der Waals surface area contributed by atoms with E-state index in [-0.39, 0.29) is 16.9 Å². The van der Waals surface area contributed by atoms with E-state index < -0.39 is 11.8 Å². The predicted molar refractivity (Wildman–Crippen MR) is 85.2 cm³/mol. The van der Waals surface area contributed by atoms with E-state index in [0.29, 0.717) is 10.7 Å². The molecule has 0 spiro atoms. The van der Waals surface area contributed by atoms with Crippen LogP contribution in [0.25, 0.3) is 0 Å². The highest BCUT2D eigenvalue weighted by Gasteiger charge is 2.14. The molecule has 0 aliphatic heterocycles. The van der Waals surface area contributed by atoms with Crippen LogP contribution in [0.4, 0.5) is 21.5 Å². The van der Waals surface area contributed by atoms with Gasteiger partial charge in [0.15, 0.2) is 0 Å². The quantitative estimate of drug-likeness (QED) is 0.530. The molecule has 4 nitrogen and oxygen atoms in total. The summed E-state index contributed by atoms with van der Waals surface area (Å²) in [4.78, 5) is 11.0. The molecule has 2 aromatic carbocycles. The Labute approximate surface area is 132 Å². The van der Waals surface area contributed by atoms with Gasteiger partial charge in [-0.05, 0) is 52.9 Å². The summed E-state index contributed by atoms with van der Waals surface area (Å²) < 4.78 is 14.7. The van der Waals surface area contributed by atoms with Crippen LogP contribution in [0.5, 0.6) is 0 Å². The zero-order valence-corrected chi connectivity index (χ0v) is 12.9. The molecule has 0 aliphatic carbocycles. The maximum absolute atomic E-state index is 13.8. The average Bonchev–Trinajstić information content (AvgIpc) is 2.35. The molecule has 0 aliphatic rings. The lowest BCUT2D eigenvalue weighted by Crippen LogP contribution is -2.05. The van der Waals surface area contributed by atoms with Gasteiger partial charge >= 0.3 is 5.97 Å². The van der Waals surface area contributed by atoms with Crippen molar-refractivity contribution < 1.29 is 14.3 Å². The molecule has 0 aromatic heterocycles. The van der Waals surface area contributed by atoms with E-state index in [1.165, 1.54) is 0 Å². The lowest BCUT2D eigenvalue weighted by Gasteiger charge is -2.11. The molecule has 20 heavy (non-hydrogen) atoms. The van der Waals surface area contributed by atoms with Crippen LogP contribution >= 0.6 is 34.2 Å². The summed E-state index contributed by atoms with van der Waals surface area (Å²) in [6, 6.07) is 7.29. The third-order valence-electron chi connectivity index (χ3n) is 2.57. The number of hydrogen-bond acceptors (Lipinski definition) is 3. The molecule has 0 fully saturated rings. The molecular formula is C13H9ClFIN2O2. The first kappa shape index (κ1) is 14.9. The van der Waals surface area contributed by atoms with Gasteiger partial charge in [0, 0.05) is 9.26 Å². The Kier molecular flexibility index (Phi) is 4.34. The van der Waals surface area contributed by atoms with E-state index in [1.54, 1.807) is 18.2 Å². The van der Waals surface area contributed by atoms with Crippen LogP contribution in [0.3, 0.4) is 0 Å².